The predicted octanol–water partition coefficient (Wildman–Crippen LogP) is -2.95. The quantitative estimate of drug-likeness (QED) is 0.316. The molecule has 0 aromatic rings. The van der Waals surface area contributed by atoms with Crippen molar-refractivity contribution in [3.63, 3.8) is 0 Å². The average molecular weight is 266 g/mol. The lowest BCUT2D eigenvalue weighted by atomic mass is 9.86. The third kappa shape index (κ3) is 2.79. The van der Waals surface area contributed by atoms with Gasteiger partial charge in [-0.2, -0.15) is 0 Å². The van der Waals surface area contributed by atoms with Gasteiger partial charge >= 0.3 is 5.97 Å². The Hall–Kier alpha value is -0.770. The van der Waals surface area contributed by atoms with E-state index in [1.54, 1.807) is 0 Å². The van der Waals surface area contributed by atoms with Gasteiger partial charge in [0.1, 0.15) is 24.4 Å². The summed E-state index contributed by atoms with van der Waals surface area (Å²) in [4.78, 5) is 11.0. The summed E-state index contributed by atoms with van der Waals surface area (Å²) in [5.41, 5.74) is -1.78. The minimum atomic E-state index is -1.78. The Morgan fingerprint density at radius 3 is 2.44 bits per heavy atom. The summed E-state index contributed by atoms with van der Waals surface area (Å²) in [7, 11) is 0. The Bertz CT molecular complexity index is 308. The lowest BCUT2D eigenvalue weighted by Crippen LogP contribution is -2.62. The smallest absolute Gasteiger partial charge is 0.335 e. The van der Waals surface area contributed by atoms with Gasteiger partial charge < -0.3 is 35.4 Å². The standard InChI is InChI=1S/C10H18O8/c1-10(9(16)17)2-4(12)6(14)8(18-10)7(15)5(13)3-11/h4-8,11-15H,2-3H2,1H3,(H,16,17)/t4-,5+,6?,7?,8?,10-/m0/s1. The van der Waals surface area contributed by atoms with E-state index in [-0.39, 0.29) is 6.42 Å². The van der Waals surface area contributed by atoms with E-state index in [1.807, 2.05) is 0 Å². The Morgan fingerprint density at radius 2 is 2.00 bits per heavy atom. The van der Waals surface area contributed by atoms with Crippen LogP contribution in [-0.2, 0) is 9.53 Å². The number of ether oxygens (including phenoxy) is 1. The first kappa shape index (κ1) is 15.3. The molecule has 8 heteroatoms. The molecule has 0 amide bonds. The van der Waals surface area contributed by atoms with Crippen LogP contribution in [0.1, 0.15) is 13.3 Å². The fourth-order valence-electron chi connectivity index (χ4n) is 1.89. The highest BCUT2D eigenvalue weighted by Crippen LogP contribution is 2.31. The molecular weight excluding hydrogens is 248 g/mol. The molecular formula is C10H18O8. The third-order valence-corrected chi connectivity index (χ3v) is 3.10. The maximum Gasteiger partial charge on any atom is 0.335 e. The van der Waals surface area contributed by atoms with E-state index in [4.69, 9.17) is 14.9 Å². The van der Waals surface area contributed by atoms with E-state index in [9.17, 15) is 25.2 Å². The molecule has 0 aromatic heterocycles. The second kappa shape index (κ2) is 5.47. The highest BCUT2D eigenvalue weighted by Gasteiger charge is 2.51. The Kier molecular flexibility index (Phi) is 4.65. The number of hydrogen-bond donors (Lipinski definition) is 6. The van der Waals surface area contributed by atoms with Crippen LogP contribution in [0.25, 0.3) is 0 Å². The highest BCUT2D eigenvalue weighted by atomic mass is 16.6. The number of aliphatic carboxylic acids is 1. The number of carbonyl (C=O) groups is 1. The molecule has 106 valence electrons. The number of carboxylic acids is 1. The van der Waals surface area contributed by atoms with Crippen LogP contribution in [0, 0.1) is 0 Å². The van der Waals surface area contributed by atoms with E-state index in [0.29, 0.717) is 0 Å². The molecule has 0 bridgehead atoms. The summed E-state index contributed by atoms with van der Waals surface area (Å²) >= 11 is 0. The molecule has 1 saturated heterocycles. The maximum atomic E-state index is 11.0. The first-order valence-corrected chi connectivity index (χ1v) is 5.47. The molecule has 1 heterocycles. The van der Waals surface area contributed by atoms with Gasteiger partial charge in [0.2, 0.25) is 0 Å². The molecule has 6 N–H and O–H groups in total. The van der Waals surface area contributed by atoms with Crippen LogP contribution in [0.3, 0.4) is 0 Å². The SMILES string of the molecule is C[C@@]1(C(=O)O)C[C@H](O)C(O)C(C(O)[C@H](O)CO)O1. The molecule has 1 aliphatic heterocycles. The summed E-state index contributed by atoms with van der Waals surface area (Å²) in [5.74, 6) is -1.36. The summed E-state index contributed by atoms with van der Waals surface area (Å²) in [6.45, 7) is 0.406. The molecule has 6 atom stereocenters. The van der Waals surface area contributed by atoms with Crippen molar-refractivity contribution in [2.45, 2.75) is 49.5 Å². The summed E-state index contributed by atoms with van der Waals surface area (Å²) < 4.78 is 5.07. The van der Waals surface area contributed by atoms with E-state index >= 15 is 0 Å². The van der Waals surface area contributed by atoms with Crippen molar-refractivity contribution in [1.29, 1.82) is 0 Å². The van der Waals surface area contributed by atoms with Crippen molar-refractivity contribution < 1.29 is 40.2 Å². The van der Waals surface area contributed by atoms with E-state index in [0.717, 1.165) is 0 Å². The van der Waals surface area contributed by atoms with Crippen LogP contribution < -0.4 is 0 Å². The topological polar surface area (TPSA) is 148 Å². The average Bonchev–Trinajstić information content (AvgIpc) is 2.31. The van der Waals surface area contributed by atoms with E-state index < -0.39 is 48.7 Å². The number of aliphatic hydroxyl groups excluding tert-OH is 5. The Balaban J connectivity index is 2.92. The second-order valence-corrected chi connectivity index (χ2v) is 4.62. The first-order valence-electron chi connectivity index (χ1n) is 5.47. The zero-order chi connectivity index (χ0) is 14.1. The van der Waals surface area contributed by atoms with Gasteiger partial charge in [-0.3, -0.25) is 0 Å². The normalized spacial score (nSPS) is 40.2. The minimum absolute atomic E-state index is 0.345. The Labute approximate surface area is 103 Å². The monoisotopic (exact) mass is 266 g/mol. The van der Waals surface area contributed by atoms with Crippen molar-refractivity contribution in [3.05, 3.63) is 0 Å². The lowest BCUT2D eigenvalue weighted by molar-refractivity contribution is -0.249. The summed E-state index contributed by atoms with van der Waals surface area (Å²) in [6, 6.07) is 0. The molecule has 3 unspecified atom stereocenters. The fraction of sp³-hybridized carbons (Fsp3) is 0.900. The van der Waals surface area contributed by atoms with Crippen LogP contribution in [0.15, 0.2) is 0 Å². The van der Waals surface area contributed by atoms with Crippen molar-refractivity contribution in [2.24, 2.45) is 0 Å². The molecule has 1 rings (SSSR count). The molecule has 0 aliphatic carbocycles. The maximum absolute atomic E-state index is 11.0. The molecule has 0 aromatic carbocycles. The van der Waals surface area contributed by atoms with Crippen molar-refractivity contribution in [2.75, 3.05) is 6.61 Å². The number of rotatable bonds is 4. The van der Waals surface area contributed by atoms with Crippen LogP contribution in [0.4, 0.5) is 0 Å². The van der Waals surface area contributed by atoms with Gasteiger partial charge in [0.25, 0.3) is 0 Å². The van der Waals surface area contributed by atoms with Gasteiger partial charge in [-0.1, -0.05) is 0 Å². The number of carboxylic acid groups (broad SMARTS) is 1. The first-order chi connectivity index (χ1) is 8.23. The zero-order valence-corrected chi connectivity index (χ0v) is 9.80. The molecule has 1 fully saturated rings. The van der Waals surface area contributed by atoms with Gasteiger partial charge in [0.15, 0.2) is 5.60 Å². The largest absolute Gasteiger partial charge is 0.479 e. The molecule has 18 heavy (non-hydrogen) atoms. The van der Waals surface area contributed by atoms with Crippen molar-refractivity contribution in [3.8, 4) is 0 Å². The van der Waals surface area contributed by atoms with E-state index in [1.165, 1.54) is 6.92 Å². The summed E-state index contributed by atoms with van der Waals surface area (Å²) in [6.07, 6.45) is -8.12. The van der Waals surface area contributed by atoms with Crippen molar-refractivity contribution >= 4 is 5.97 Å². The fourth-order valence-corrected chi connectivity index (χ4v) is 1.89. The zero-order valence-electron chi connectivity index (χ0n) is 9.80. The third-order valence-electron chi connectivity index (χ3n) is 3.10. The number of aliphatic hydroxyl groups is 5. The van der Waals surface area contributed by atoms with Gasteiger partial charge in [0.05, 0.1) is 12.7 Å². The van der Waals surface area contributed by atoms with E-state index in [2.05, 4.69) is 0 Å². The molecule has 0 saturated carbocycles. The van der Waals surface area contributed by atoms with Gasteiger partial charge in [-0.25, -0.2) is 4.79 Å². The second-order valence-electron chi connectivity index (χ2n) is 4.62. The van der Waals surface area contributed by atoms with Gasteiger partial charge in [-0.05, 0) is 6.92 Å². The van der Waals surface area contributed by atoms with Gasteiger partial charge in [-0.15, -0.1) is 0 Å². The van der Waals surface area contributed by atoms with Crippen molar-refractivity contribution in [1.82, 2.24) is 0 Å². The summed E-state index contributed by atoms with van der Waals surface area (Å²) in [5, 5.41) is 55.8. The molecule has 0 radical (unpaired) electrons. The molecule has 8 nitrogen and oxygen atoms in total. The van der Waals surface area contributed by atoms with Gasteiger partial charge in [0, 0.05) is 6.42 Å². The van der Waals surface area contributed by atoms with Crippen LogP contribution in [0.2, 0.25) is 0 Å². The minimum Gasteiger partial charge on any atom is -0.479 e. The van der Waals surface area contributed by atoms with Crippen LogP contribution in [0.5, 0.6) is 0 Å². The lowest BCUT2D eigenvalue weighted by Gasteiger charge is -2.43. The van der Waals surface area contributed by atoms with Crippen LogP contribution >= 0.6 is 0 Å². The Morgan fingerprint density at radius 1 is 1.44 bits per heavy atom. The molecule has 1 aliphatic rings. The highest BCUT2D eigenvalue weighted by molar-refractivity contribution is 5.77. The van der Waals surface area contributed by atoms with Crippen LogP contribution in [-0.4, -0.2) is 79.3 Å². The molecule has 0 spiro atoms. The number of hydrogen-bond acceptors (Lipinski definition) is 7. The predicted molar refractivity (Wildman–Crippen MR) is 56.6 cm³/mol.